The molecule has 1 amide bonds. The minimum absolute atomic E-state index is 0.272. The summed E-state index contributed by atoms with van der Waals surface area (Å²) in [5, 5.41) is 16.5. The molecule has 2 aromatic carbocycles. The Bertz CT molecular complexity index is 1450. The summed E-state index contributed by atoms with van der Waals surface area (Å²) in [5.41, 5.74) is 5.82. The lowest BCUT2D eigenvalue weighted by Gasteiger charge is -2.12. The topological polar surface area (TPSA) is 90.5 Å². The number of carbonyl (C=O) groups excluding carboxylic acids is 1. The normalized spacial score (nSPS) is 11.1. The van der Waals surface area contributed by atoms with E-state index >= 15 is 0 Å². The Labute approximate surface area is 184 Å². The molecule has 8 nitrogen and oxygen atoms in total. The van der Waals surface area contributed by atoms with Gasteiger partial charge >= 0.3 is 0 Å². The summed E-state index contributed by atoms with van der Waals surface area (Å²) in [6, 6.07) is 15.3. The van der Waals surface area contributed by atoms with Crippen molar-refractivity contribution < 1.29 is 4.79 Å². The van der Waals surface area contributed by atoms with Gasteiger partial charge < -0.3 is 5.32 Å². The molecule has 0 spiro atoms. The highest BCUT2D eigenvalue weighted by Crippen LogP contribution is 2.28. The number of aromatic nitrogens is 6. The van der Waals surface area contributed by atoms with Gasteiger partial charge in [-0.1, -0.05) is 30.3 Å². The third kappa shape index (κ3) is 3.51. The summed E-state index contributed by atoms with van der Waals surface area (Å²) in [5.74, 6) is 0.0986. The molecule has 0 saturated carbocycles. The molecule has 8 heteroatoms. The lowest BCUT2D eigenvalue weighted by atomic mass is 9.99. The van der Waals surface area contributed by atoms with Gasteiger partial charge in [-0.05, 0) is 43.2 Å². The van der Waals surface area contributed by atoms with Gasteiger partial charge in [0.2, 0.25) is 0 Å². The first-order valence-electron chi connectivity index (χ1n) is 10.2. The number of anilines is 1. The first-order chi connectivity index (χ1) is 15.5. The van der Waals surface area contributed by atoms with Crippen LogP contribution in [0.15, 0.2) is 67.1 Å². The van der Waals surface area contributed by atoms with Crippen molar-refractivity contribution in [2.24, 2.45) is 7.05 Å². The first kappa shape index (κ1) is 19.6. The summed E-state index contributed by atoms with van der Waals surface area (Å²) in [6.07, 6.45) is 5.16. The first-order valence-corrected chi connectivity index (χ1v) is 10.2. The Morgan fingerprint density at radius 2 is 1.81 bits per heavy atom. The minimum atomic E-state index is -0.272. The second-order valence-corrected chi connectivity index (χ2v) is 7.67. The molecular formula is C24H21N7O. The van der Waals surface area contributed by atoms with E-state index < -0.39 is 0 Å². The van der Waals surface area contributed by atoms with Gasteiger partial charge in [0.25, 0.3) is 5.91 Å². The molecule has 158 valence electrons. The van der Waals surface area contributed by atoms with Gasteiger partial charge in [-0.3, -0.25) is 9.48 Å². The zero-order valence-electron chi connectivity index (χ0n) is 17.9. The van der Waals surface area contributed by atoms with Gasteiger partial charge in [0, 0.05) is 24.2 Å². The number of fused-ring (bicyclic) bond motifs is 1. The van der Waals surface area contributed by atoms with Crippen LogP contribution in [0.2, 0.25) is 0 Å². The van der Waals surface area contributed by atoms with Crippen molar-refractivity contribution in [2.45, 2.75) is 13.8 Å². The van der Waals surface area contributed by atoms with Crippen LogP contribution >= 0.6 is 0 Å². The van der Waals surface area contributed by atoms with Crippen LogP contribution < -0.4 is 5.32 Å². The van der Waals surface area contributed by atoms with E-state index in [0.717, 1.165) is 33.3 Å². The smallest absolute Gasteiger partial charge is 0.257 e. The molecule has 0 fully saturated rings. The number of benzene rings is 2. The Morgan fingerprint density at radius 3 is 2.56 bits per heavy atom. The quantitative estimate of drug-likeness (QED) is 0.470. The molecule has 0 atom stereocenters. The van der Waals surface area contributed by atoms with Crippen molar-refractivity contribution in [1.29, 1.82) is 0 Å². The maximum absolute atomic E-state index is 13.3. The molecule has 0 aliphatic carbocycles. The SMILES string of the molecule is Cc1ccc2c(C(=O)Nc3cnn(-c4ccccc4)n3)cc(-c3cnn(C)c3)nc2c1C. The third-order valence-corrected chi connectivity index (χ3v) is 5.47. The molecule has 0 unspecified atom stereocenters. The maximum Gasteiger partial charge on any atom is 0.257 e. The van der Waals surface area contributed by atoms with Crippen LogP contribution in [0.4, 0.5) is 5.82 Å². The lowest BCUT2D eigenvalue weighted by molar-refractivity contribution is 0.102. The molecule has 0 aliphatic rings. The zero-order valence-corrected chi connectivity index (χ0v) is 17.9. The second kappa shape index (κ2) is 7.73. The number of hydrogen-bond donors (Lipinski definition) is 1. The van der Waals surface area contributed by atoms with E-state index in [-0.39, 0.29) is 5.91 Å². The summed E-state index contributed by atoms with van der Waals surface area (Å²) < 4.78 is 1.71. The van der Waals surface area contributed by atoms with Crippen LogP contribution in [0, 0.1) is 13.8 Å². The second-order valence-electron chi connectivity index (χ2n) is 7.67. The largest absolute Gasteiger partial charge is 0.304 e. The Morgan fingerprint density at radius 1 is 1.00 bits per heavy atom. The van der Waals surface area contributed by atoms with Crippen LogP contribution in [0.1, 0.15) is 21.5 Å². The molecule has 0 bridgehead atoms. The predicted octanol–water partition coefficient (Wildman–Crippen LogP) is 4.09. The molecule has 32 heavy (non-hydrogen) atoms. The van der Waals surface area contributed by atoms with Gasteiger partial charge in [0.15, 0.2) is 5.82 Å². The molecule has 3 heterocycles. The van der Waals surface area contributed by atoms with E-state index in [2.05, 4.69) is 20.6 Å². The van der Waals surface area contributed by atoms with Crippen molar-refractivity contribution in [3.05, 3.63) is 83.8 Å². The summed E-state index contributed by atoms with van der Waals surface area (Å²) >= 11 is 0. The zero-order chi connectivity index (χ0) is 22.2. The van der Waals surface area contributed by atoms with Crippen molar-refractivity contribution >= 4 is 22.6 Å². The van der Waals surface area contributed by atoms with Crippen LogP contribution in [-0.4, -0.2) is 35.7 Å². The molecule has 0 saturated heterocycles. The fourth-order valence-electron chi connectivity index (χ4n) is 3.61. The minimum Gasteiger partial charge on any atom is -0.304 e. The molecule has 1 N–H and O–H groups in total. The van der Waals surface area contributed by atoms with Gasteiger partial charge in [-0.15, -0.1) is 9.90 Å². The highest BCUT2D eigenvalue weighted by molar-refractivity contribution is 6.13. The fourth-order valence-corrected chi connectivity index (χ4v) is 3.61. The average Bonchev–Trinajstić information content (AvgIpc) is 3.45. The molecule has 3 aromatic heterocycles. The molecule has 0 radical (unpaired) electrons. The van der Waals surface area contributed by atoms with E-state index in [1.807, 2.05) is 69.6 Å². The van der Waals surface area contributed by atoms with Crippen molar-refractivity contribution in [1.82, 2.24) is 29.8 Å². The molecule has 0 aliphatic heterocycles. The fraction of sp³-hybridized carbons (Fsp3) is 0.125. The molecule has 5 aromatic rings. The number of aryl methyl sites for hydroxylation is 3. The Kier molecular flexibility index (Phi) is 4.74. The highest BCUT2D eigenvalue weighted by atomic mass is 16.1. The number of nitrogens with one attached hydrogen (secondary N) is 1. The van der Waals surface area contributed by atoms with Crippen molar-refractivity contribution in [3.63, 3.8) is 0 Å². The highest BCUT2D eigenvalue weighted by Gasteiger charge is 2.18. The van der Waals surface area contributed by atoms with Gasteiger partial charge in [0.1, 0.15) is 0 Å². The van der Waals surface area contributed by atoms with Crippen LogP contribution in [0.25, 0.3) is 27.8 Å². The van der Waals surface area contributed by atoms with Gasteiger partial charge in [-0.2, -0.15) is 10.2 Å². The summed E-state index contributed by atoms with van der Waals surface area (Å²) in [7, 11) is 1.85. The van der Waals surface area contributed by atoms with Crippen LogP contribution in [0.5, 0.6) is 0 Å². The van der Waals surface area contributed by atoms with E-state index in [9.17, 15) is 4.79 Å². The van der Waals surface area contributed by atoms with Gasteiger partial charge in [-0.25, -0.2) is 4.98 Å². The van der Waals surface area contributed by atoms with E-state index in [0.29, 0.717) is 17.1 Å². The van der Waals surface area contributed by atoms with E-state index in [4.69, 9.17) is 4.98 Å². The van der Waals surface area contributed by atoms with Crippen molar-refractivity contribution in [3.8, 4) is 16.9 Å². The Hall–Kier alpha value is -4.33. The number of amides is 1. The average molecular weight is 423 g/mol. The Balaban J connectivity index is 1.56. The van der Waals surface area contributed by atoms with E-state index in [1.54, 1.807) is 16.9 Å². The summed E-state index contributed by atoms with van der Waals surface area (Å²) in [6.45, 7) is 4.06. The number of nitrogens with zero attached hydrogens (tertiary/aromatic N) is 6. The number of para-hydroxylation sites is 1. The van der Waals surface area contributed by atoms with E-state index in [1.165, 1.54) is 11.0 Å². The van der Waals surface area contributed by atoms with Crippen molar-refractivity contribution in [2.75, 3.05) is 5.32 Å². The summed E-state index contributed by atoms with van der Waals surface area (Å²) in [4.78, 5) is 19.7. The van der Waals surface area contributed by atoms with Crippen LogP contribution in [-0.2, 0) is 7.05 Å². The third-order valence-electron chi connectivity index (χ3n) is 5.47. The van der Waals surface area contributed by atoms with Gasteiger partial charge in [0.05, 0.1) is 34.9 Å². The molecular weight excluding hydrogens is 402 g/mol. The predicted molar refractivity (Wildman–Crippen MR) is 123 cm³/mol. The number of pyridine rings is 1. The van der Waals surface area contributed by atoms with Crippen LogP contribution in [0.3, 0.4) is 0 Å². The maximum atomic E-state index is 13.3. The molecule has 5 rings (SSSR count). The number of hydrogen-bond acceptors (Lipinski definition) is 5. The monoisotopic (exact) mass is 423 g/mol. The number of rotatable bonds is 4. The number of carbonyl (C=O) groups is 1. The lowest BCUT2D eigenvalue weighted by Crippen LogP contribution is -2.14. The standard InChI is InChI=1S/C24H21N7O/c1-15-9-10-19-20(11-21(27-23(19)16(15)2)17-12-25-30(3)14-17)24(32)28-22-13-26-31(29-22)18-7-5-4-6-8-18/h4-14H,1-3H3,(H,28,29,32).